The number of hydrogen-bond donors (Lipinski definition) is 1. The van der Waals surface area contributed by atoms with Crippen molar-refractivity contribution in [1.82, 2.24) is 9.55 Å². The van der Waals surface area contributed by atoms with Gasteiger partial charge in [0.1, 0.15) is 0 Å². The van der Waals surface area contributed by atoms with E-state index in [0.29, 0.717) is 0 Å². The van der Waals surface area contributed by atoms with Crippen LogP contribution in [-0.4, -0.2) is 9.55 Å². The number of imidazole rings is 1. The number of nitrogens with zero attached hydrogens (tertiary/aromatic N) is 2. The fraction of sp³-hybridized carbons (Fsp3) is 0.267. The highest BCUT2D eigenvalue weighted by molar-refractivity contribution is 7.14. The van der Waals surface area contributed by atoms with E-state index < -0.39 is 0 Å². The molecule has 0 bridgehead atoms. The Morgan fingerprint density at radius 2 is 2.20 bits per heavy atom. The van der Waals surface area contributed by atoms with Crippen molar-refractivity contribution in [3.8, 4) is 10.7 Å². The van der Waals surface area contributed by atoms with Gasteiger partial charge in [0.15, 0.2) is 5.82 Å². The lowest BCUT2D eigenvalue weighted by Gasteiger charge is -2.08. The number of aryl methyl sites for hydroxylation is 2. The van der Waals surface area contributed by atoms with Gasteiger partial charge in [-0.3, -0.25) is 0 Å². The molecule has 3 aromatic rings. The third-order valence-electron chi connectivity index (χ3n) is 3.39. The standard InChI is InChI=1S/C15H16ClN3S/c1-3-7-19-13-10(16)5-4-6-11(13)18-15(19)14-12(17)9(2)8-20-14/h4-6,8H,3,7,17H2,1-2H3. The number of hydrogen-bond acceptors (Lipinski definition) is 3. The van der Waals surface area contributed by atoms with Crippen molar-refractivity contribution in [3.63, 3.8) is 0 Å². The lowest BCUT2D eigenvalue weighted by molar-refractivity contribution is 0.705. The van der Waals surface area contributed by atoms with Gasteiger partial charge in [0, 0.05) is 6.54 Å². The molecule has 0 aliphatic rings. The number of nitrogen functional groups attached to an aromatic ring is 1. The quantitative estimate of drug-likeness (QED) is 0.761. The Hall–Kier alpha value is -1.52. The summed E-state index contributed by atoms with van der Waals surface area (Å²) in [6.45, 7) is 5.05. The summed E-state index contributed by atoms with van der Waals surface area (Å²) in [7, 11) is 0. The van der Waals surface area contributed by atoms with Crippen molar-refractivity contribution in [1.29, 1.82) is 0 Å². The number of fused-ring (bicyclic) bond motifs is 1. The second-order valence-corrected chi connectivity index (χ2v) is 6.14. The largest absolute Gasteiger partial charge is 0.397 e. The Morgan fingerprint density at radius 1 is 1.40 bits per heavy atom. The summed E-state index contributed by atoms with van der Waals surface area (Å²) in [5.41, 5.74) is 10.0. The molecule has 3 rings (SSSR count). The Balaban J connectivity index is 2.32. The molecule has 0 unspecified atom stereocenters. The van der Waals surface area contributed by atoms with E-state index in [1.165, 1.54) is 0 Å². The van der Waals surface area contributed by atoms with Gasteiger partial charge in [0.2, 0.25) is 0 Å². The van der Waals surface area contributed by atoms with Gasteiger partial charge in [-0.2, -0.15) is 0 Å². The number of para-hydroxylation sites is 1. The fourth-order valence-corrected chi connectivity index (χ4v) is 3.63. The van der Waals surface area contributed by atoms with Crippen molar-refractivity contribution in [2.75, 3.05) is 5.73 Å². The van der Waals surface area contributed by atoms with Crippen LogP contribution in [-0.2, 0) is 6.54 Å². The molecule has 5 heteroatoms. The molecule has 0 aliphatic heterocycles. The van der Waals surface area contributed by atoms with Crippen molar-refractivity contribution in [3.05, 3.63) is 34.2 Å². The third kappa shape index (κ3) is 2.00. The van der Waals surface area contributed by atoms with Crippen molar-refractivity contribution in [2.24, 2.45) is 0 Å². The van der Waals surface area contributed by atoms with Crippen LogP contribution in [0.25, 0.3) is 21.7 Å². The van der Waals surface area contributed by atoms with Gasteiger partial charge >= 0.3 is 0 Å². The maximum Gasteiger partial charge on any atom is 0.153 e. The van der Waals surface area contributed by atoms with Gasteiger partial charge in [-0.25, -0.2) is 4.98 Å². The first-order valence-corrected chi connectivity index (χ1v) is 7.88. The van der Waals surface area contributed by atoms with Gasteiger partial charge in [0.25, 0.3) is 0 Å². The first-order chi connectivity index (χ1) is 9.63. The molecular formula is C15H16ClN3S. The van der Waals surface area contributed by atoms with Crippen LogP contribution in [0.3, 0.4) is 0 Å². The minimum atomic E-state index is 0.738. The van der Waals surface area contributed by atoms with Crippen molar-refractivity contribution in [2.45, 2.75) is 26.8 Å². The molecule has 0 spiro atoms. The molecule has 3 nitrogen and oxygen atoms in total. The minimum absolute atomic E-state index is 0.738. The summed E-state index contributed by atoms with van der Waals surface area (Å²) in [5.74, 6) is 0.922. The van der Waals surface area contributed by atoms with Crippen LogP contribution in [0.2, 0.25) is 5.02 Å². The molecule has 2 aromatic heterocycles. The lowest BCUT2D eigenvalue weighted by Crippen LogP contribution is -2.00. The molecule has 0 radical (unpaired) electrons. The molecule has 0 fully saturated rings. The molecule has 2 heterocycles. The predicted molar refractivity (Wildman–Crippen MR) is 87.5 cm³/mol. The molecule has 104 valence electrons. The van der Waals surface area contributed by atoms with E-state index in [4.69, 9.17) is 22.3 Å². The molecule has 0 aliphatic carbocycles. The van der Waals surface area contributed by atoms with E-state index in [-0.39, 0.29) is 0 Å². The number of benzene rings is 1. The summed E-state index contributed by atoms with van der Waals surface area (Å²) in [6.07, 6.45) is 1.02. The van der Waals surface area contributed by atoms with E-state index in [9.17, 15) is 0 Å². The number of halogens is 1. The zero-order valence-corrected chi connectivity index (χ0v) is 13.1. The van der Waals surface area contributed by atoms with Crippen molar-refractivity contribution < 1.29 is 0 Å². The molecule has 2 N–H and O–H groups in total. The third-order valence-corrected chi connectivity index (χ3v) is 4.81. The van der Waals surface area contributed by atoms with E-state index in [0.717, 1.165) is 51.0 Å². The number of thiophene rings is 1. The second-order valence-electron chi connectivity index (χ2n) is 4.86. The highest BCUT2D eigenvalue weighted by Crippen LogP contribution is 2.37. The Bertz CT molecular complexity index is 773. The Labute approximate surface area is 127 Å². The van der Waals surface area contributed by atoms with E-state index >= 15 is 0 Å². The molecule has 1 aromatic carbocycles. The average molecular weight is 306 g/mol. The summed E-state index contributed by atoms with van der Waals surface area (Å²) in [4.78, 5) is 5.78. The Kier molecular flexibility index (Phi) is 3.44. The number of rotatable bonds is 3. The average Bonchev–Trinajstić information content (AvgIpc) is 2.94. The molecular weight excluding hydrogens is 290 g/mol. The lowest BCUT2D eigenvalue weighted by atomic mass is 10.2. The second kappa shape index (κ2) is 5.11. The van der Waals surface area contributed by atoms with E-state index in [2.05, 4.69) is 16.9 Å². The summed E-state index contributed by atoms with van der Waals surface area (Å²) < 4.78 is 2.18. The molecule has 0 saturated carbocycles. The molecule has 20 heavy (non-hydrogen) atoms. The maximum atomic E-state index is 6.36. The SMILES string of the molecule is CCCn1c(-c2scc(C)c2N)nc2cccc(Cl)c21. The summed E-state index contributed by atoms with van der Waals surface area (Å²) in [6, 6.07) is 5.83. The van der Waals surface area contributed by atoms with Crippen LogP contribution < -0.4 is 5.73 Å². The van der Waals surface area contributed by atoms with Crippen LogP contribution in [0.5, 0.6) is 0 Å². The first-order valence-electron chi connectivity index (χ1n) is 6.62. The van der Waals surface area contributed by atoms with Gasteiger partial charge in [-0.05, 0) is 36.4 Å². The van der Waals surface area contributed by atoms with Gasteiger partial charge < -0.3 is 10.3 Å². The highest BCUT2D eigenvalue weighted by Gasteiger charge is 2.18. The normalized spacial score (nSPS) is 11.3. The first kappa shape index (κ1) is 13.5. The highest BCUT2D eigenvalue weighted by atomic mass is 35.5. The van der Waals surface area contributed by atoms with Crippen LogP contribution in [0, 0.1) is 6.92 Å². The monoisotopic (exact) mass is 305 g/mol. The topological polar surface area (TPSA) is 43.8 Å². The van der Waals surface area contributed by atoms with Gasteiger partial charge in [0.05, 0.1) is 26.6 Å². The number of aromatic nitrogens is 2. The fourth-order valence-electron chi connectivity index (χ4n) is 2.38. The van der Waals surface area contributed by atoms with Crippen molar-refractivity contribution >= 4 is 39.7 Å². The predicted octanol–water partition coefficient (Wildman–Crippen LogP) is 4.72. The van der Waals surface area contributed by atoms with Crippen LogP contribution in [0.4, 0.5) is 5.69 Å². The smallest absolute Gasteiger partial charge is 0.153 e. The summed E-state index contributed by atoms with van der Waals surface area (Å²) >= 11 is 7.99. The van der Waals surface area contributed by atoms with E-state index in [1.807, 2.05) is 25.1 Å². The number of anilines is 1. The summed E-state index contributed by atoms with van der Waals surface area (Å²) in [5, 5.41) is 2.81. The molecule has 0 saturated heterocycles. The van der Waals surface area contributed by atoms with Crippen LogP contribution in [0.1, 0.15) is 18.9 Å². The zero-order valence-electron chi connectivity index (χ0n) is 11.5. The molecule has 0 atom stereocenters. The van der Waals surface area contributed by atoms with Crippen LogP contribution in [0.15, 0.2) is 23.6 Å². The van der Waals surface area contributed by atoms with Gasteiger partial charge in [-0.15, -0.1) is 11.3 Å². The maximum absolute atomic E-state index is 6.36. The number of nitrogens with two attached hydrogens (primary N) is 1. The zero-order chi connectivity index (χ0) is 14.3. The molecule has 0 amide bonds. The Morgan fingerprint density at radius 3 is 2.85 bits per heavy atom. The van der Waals surface area contributed by atoms with Crippen LogP contribution >= 0.6 is 22.9 Å². The van der Waals surface area contributed by atoms with Gasteiger partial charge in [-0.1, -0.05) is 24.6 Å². The minimum Gasteiger partial charge on any atom is -0.397 e. The van der Waals surface area contributed by atoms with E-state index in [1.54, 1.807) is 11.3 Å².